The van der Waals surface area contributed by atoms with Crippen LogP contribution < -0.4 is 10.2 Å². The van der Waals surface area contributed by atoms with Crippen LogP contribution in [0.3, 0.4) is 0 Å². The zero-order valence-corrected chi connectivity index (χ0v) is 19.0. The van der Waals surface area contributed by atoms with Crippen LogP contribution in [0.25, 0.3) is 11.0 Å². The van der Waals surface area contributed by atoms with E-state index in [-0.39, 0.29) is 17.4 Å². The van der Waals surface area contributed by atoms with Crippen LogP contribution in [0.5, 0.6) is 11.5 Å². The Hall–Kier alpha value is -3.78. The highest BCUT2D eigenvalue weighted by atomic mass is 32.2. The van der Waals surface area contributed by atoms with Crippen molar-refractivity contribution in [2.45, 2.75) is 18.6 Å². The van der Waals surface area contributed by atoms with Crippen LogP contribution in [0.15, 0.2) is 83.1 Å². The summed E-state index contributed by atoms with van der Waals surface area (Å²) in [5.41, 5.74) is 6.03. The maximum absolute atomic E-state index is 12.4. The van der Waals surface area contributed by atoms with Gasteiger partial charge < -0.3 is 14.4 Å². The number of carbonyl (C=O) groups excluding carboxylic acids is 1. The second-order valence-corrected chi connectivity index (χ2v) is 8.11. The first-order valence-electron chi connectivity index (χ1n) is 10.5. The van der Waals surface area contributed by atoms with Gasteiger partial charge in [0.05, 0.1) is 36.2 Å². The van der Waals surface area contributed by atoms with Crippen LogP contribution in [0.4, 0.5) is 0 Å². The standard InChI is InChI=1S/C25H24N4O3S/c1-2-32-22-14-8-11-19(24(22)31)15-26-28-23(30)17-33-25-27-20-12-6-7-13-21(20)29(25)16-18-9-4-3-5-10-18/h3-15,31H,2,16-17H2,1H3,(H,28,30)/b26-15-. The number of nitrogens with one attached hydrogen (secondary N) is 1. The van der Waals surface area contributed by atoms with E-state index >= 15 is 0 Å². The summed E-state index contributed by atoms with van der Waals surface area (Å²) in [6.45, 7) is 2.95. The number of ether oxygens (including phenoxy) is 1. The van der Waals surface area contributed by atoms with Crippen molar-refractivity contribution < 1.29 is 14.6 Å². The molecule has 0 aliphatic carbocycles. The van der Waals surface area contributed by atoms with E-state index in [1.165, 1.54) is 18.0 Å². The fourth-order valence-electron chi connectivity index (χ4n) is 3.33. The lowest BCUT2D eigenvalue weighted by molar-refractivity contribution is -0.118. The molecule has 3 aromatic carbocycles. The number of nitrogens with zero attached hydrogens (tertiary/aromatic N) is 3. The average molecular weight is 461 g/mol. The molecule has 0 aliphatic rings. The minimum atomic E-state index is -0.269. The summed E-state index contributed by atoms with van der Waals surface area (Å²) in [6, 6.07) is 23.2. The van der Waals surface area contributed by atoms with Gasteiger partial charge in [-0.3, -0.25) is 4.79 Å². The molecule has 2 N–H and O–H groups in total. The Morgan fingerprint density at radius 3 is 2.73 bits per heavy atom. The SMILES string of the molecule is CCOc1cccc(/C=N\NC(=O)CSc2nc3ccccc3n2Cc2ccccc2)c1O. The van der Waals surface area contributed by atoms with Gasteiger partial charge in [-0.25, -0.2) is 10.4 Å². The van der Waals surface area contributed by atoms with Gasteiger partial charge in [0, 0.05) is 5.56 Å². The van der Waals surface area contributed by atoms with Gasteiger partial charge in [-0.1, -0.05) is 60.3 Å². The number of hydrazone groups is 1. The maximum atomic E-state index is 12.4. The van der Waals surface area contributed by atoms with Gasteiger partial charge in [-0.15, -0.1) is 0 Å². The number of amides is 1. The number of fused-ring (bicyclic) bond motifs is 1. The summed E-state index contributed by atoms with van der Waals surface area (Å²) in [6.07, 6.45) is 1.39. The Morgan fingerprint density at radius 1 is 1.12 bits per heavy atom. The van der Waals surface area contributed by atoms with E-state index in [0.29, 0.717) is 24.5 Å². The molecule has 0 bridgehead atoms. The van der Waals surface area contributed by atoms with E-state index in [9.17, 15) is 9.90 Å². The number of phenolic OH excluding ortho intramolecular Hbond substituents is 1. The highest BCUT2D eigenvalue weighted by Gasteiger charge is 2.13. The number of phenols is 1. The van der Waals surface area contributed by atoms with Gasteiger partial charge in [0.15, 0.2) is 16.7 Å². The Morgan fingerprint density at radius 2 is 1.91 bits per heavy atom. The van der Waals surface area contributed by atoms with Crippen LogP contribution in [0, 0.1) is 0 Å². The van der Waals surface area contributed by atoms with Crippen molar-refractivity contribution in [3.63, 3.8) is 0 Å². The van der Waals surface area contributed by atoms with Crippen LogP contribution in [-0.4, -0.2) is 39.1 Å². The van der Waals surface area contributed by atoms with Crippen molar-refractivity contribution in [1.29, 1.82) is 0 Å². The number of hydrogen-bond donors (Lipinski definition) is 2. The predicted molar refractivity (Wildman–Crippen MR) is 131 cm³/mol. The predicted octanol–water partition coefficient (Wildman–Crippen LogP) is 4.43. The smallest absolute Gasteiger partial charge is 0.250 e. The van der Waals surface area contributed by atoms with E-state index in [0.717, 1.165) is 21.8 Å². The second kappa shape index (κ2) is 10.7. The normalized spacial score (nSPS) is 11.2. The number of benzene rings is 3. The monoisotopic (exact) mass is 460 g/mol. The lowest BCUT2D eigenvalue weighted by Crippen LogP contribution is -2.20. The molecule has 0 aliphatic heterocycles. The molecular formula is C25H24N4O3S. The Balaban J connectivity index is 1.42. The number of rotatable bonds is 9. The van der Waals surface area contributed by atoms with E-state index in [1.54, 1.807) is 18.2 Å². The summed E-state index contributed by atoms with van der Waals surface area (Å²) >= 11 is 1.36. The van der Waals surface area contributed by atoms with E-state index < -0.39 is 0 Å². The number of para-hydroxylation sites is 3. The minimum Gasteiger partial charge on any atom is -0.504 e. The zero-order chi connectivity index (χ0) is 23.0. The third-order valence-corrected chi connectivity index (χ3v) is 5.83. The van der Waals surface area contributed by atoms with E-state index in [4.69, 9.17) is 9.72 Å². The second-order valence-electron chi connectivity index (χ2n) is 7.16. The molecule has 7 nitrogen and oxygen atoms in total. The molecule has 168 valence electrons. The summed E-state index contributed by atoms with van der Waals surface area (Å²) in [4.78, 5) is 17.1. The van der Waals surface area contributed by atoms with Gasteiger partial charge in [0.2, 0.25) is 0 Å². The van der Waals surface area contributed by atoms with Crippen molar-refractivity contribution in [3.05, 3.63) is 83.9 Å². The molecule has 4 rings (SSSR count). The lowest BCUT2D eigenvalue weighted by atomic mass is 10.2. The molecule has 1 amide bonds. The van der Waals surface area contributed by atoms with Crippen molar-refractivity contribution in [1.82, 2.24) is 15.0 Å². The largest absolute Gasteiger partial charge is 0.504 e. The molecule has 0 saturated carbocycles. The van der Waals surface area contributed by atoms with Crippen LogP contribution in [0.1, 0.15) is 18.1 Å². The molecule has 0 spiro atoms. The number of aromatic hydroxyl groups is 1. The van der Waals surface area contributed by atoms with E-state index in [2.05, 4.69) is 27.2 Å². The highest BCUT2D eigenvalue weighted by Crippen LogP contribution is 2.28. The van der Waals surface area contributed by atoms with Crippen LogP contribution in [-0.2, 0) is 11.3 Å². The quantitative estimate of drug-likeness (QED) is 0.219. The fourth-order valence-corrected chi connectivity index (χ4v) is 4.14. The van der Waals surface area contributed by atoms with Crippen molar-refractivity contribution >= 4 is 34.9 Å². The molecule has 0 saturated heterocycles. The Bertz CT molecular complexity index is 1270. The summed E-state index contributed by atoms with van der Waals surface area (Å²) in [5.74, 6) is 0.248. The van der Waals surface area contributed by atoms with Gasteiger partial charge in [0.25, 0.3) is 5.91 Å². The molecule has 8 heteroatoms. The minimum absolute atomic E-state index is 0.0126. The molecule has 1 heterocycles. The van der Waals surface area contributed by atoms with Crippen LogP contribution in [0.2, 0.25) is 0 Å². The molecule has 4 aromatic rings. The van der Waals surface area contributed by atoms with Gasteiger partial charge >= 0.3 is 0 Å². The van der Waals surface area contributed by atoms with Crippen LogP contribution >= 0.6 is 11.8 Å². The van der Waals surface area contributed by atoms with Gasteiger partial charge in [0.1, 0.15) is 0 Å². The third-order valence-electron chi connectivity index (χ3n) is 4.86. The van der Waals surface area contributed by atoms with Gasteiger partial charge in [-0.2, -0.15) is 5.10 Å². The molecule has 0 unspecified atom stereocenters. The zero-order valence-electron chi connectivity index (χ0n) is 18.1. The summed E-state index contributed by atoms with van der Waals surface area (Å²) < 4.78 is 7.47. The average Bonchev–Trinajstić information content (AvgIpc) is 3.18. The number of carbonyl (C=O) groups is 1. The first-order valence-corrected chi connectivity index (χ1v) is 11.5. The Labute approximate surface area is 196 Å². The molecule has 1 aromatic heterocycles. The topological polar surface area (TPSA) is 88.7 Å². The third kappa shape index (κ3) is 5.53. The first kappa shape index (κ1) is 22.4. The lowest BCUT2D eigenvalue weighted by Gasteiger charge is -2.09. The fraction of sp³-hybridized carbons (Fsp3) is 0.160. The molecule has 0 radical (unpaired) electrons. The number of hydrogen-bond acceptors (Lipinski definition) is 6. The molecular weight excluding hydrogens is 436 g/mol. The molecule has 0 fully saturated rings. The molecule has 0 atom stereocenters. The number of thioether (sulfide) groups is 1. The number of imidazole rings is 1. The number of aromatic nitrogens is 2. The summed E-state index contributed by atoms with van der Waals surface area (Å²) in [7, 11) is 0. The van der Waals surface area contributed by atoms with Gasteiger partial charge in [-0.05, 0) is 36.8 Å². The van der Waals surface area contributed by atoms with Crippen molar-refractivity contribution in [3.8, 4) is 11.5 Å². The van der Waals surface area contributed by atoms with Crippen molar-refractivity contribution in [2.75, 3.05) is 12.4 Å². The van der Waals surface area contributed by atoms with E-state index in [1.807, 2.05) is 49.4 Å². The molecule has 33 heavy (non-hydrogen) atoms. The summed E-state index contributed by atoms with van der Waals surface area (Å²) in [5, 5.41) is 14.9. The first-order chi connectivity index (χ1) is 16.2. The highest BCUT2D eigenvalue weighted by molar-refractivity contribution is 7.99. The Kier molecular flexibility index (Phi) is 7.26. The van der Waals surface area contributed by atoms with Crippen molar-refractivity contribution in [2.24, 2.45) is 5.10 Å². The maximum Gasteiger partial charge on any atom is 0.250 e.